The molecule has 0 amide bonds. The van der Waals surface area contributed by atoms with Crippen LogP contribution in [0.3, 0.4) is 0 Å². The van der Waals surface area contributed by atoms with E-state index in [1.807, 2.05) is 0 Å². The zero-order valence-electron chi connectivity index (χ0n) is 12.3. The van der Waals surface area contributed by atoms with Crippen LogP contribution in [0.4, 0.5) is 0 Å². The van der Waals surface area contributed by atoms with Crippen LogP contribution in [0.2, 0.25) is 0 Å². The highest BCUT2D eigenvalue weighted by molar-refractivity contribution is 7.89. The van der Waals surface area contributed by atoms with Gasteiger partial charge in [-0.15, -0.1) is 0 Å². The van der Waals surface area contributed by atoms with Gasteiger partial charge in [0, 0.05) is 18.7 Å². The zero-order valence-corrected chi connectivity index (χ0v) is 13.2. The second-order valence-electron chi connectivity index (χ2n) is 5.49. The molecule has 1 fully saturated rings. The Labute approximate surface area is 120 Å². The molecular weight excluding hydrogens is 278 g/mol. The van der Waals surface area contributed by atoms with Gasteiger partial charge in [0.25, 0.3) is 0 Å². The molecule has 1 aromatic rings. The van der Waals surface area contributed by atoms with E-state index in [9.17, 15) is 13.5 Å². The quantitative estimate of drug-likeness (QED) is 0.926. The van der Waals surface area contributed by atoms with Gasteiger partial charge in [0.1, 0.15) is 16.4 Å². The largest absolute Gasteiger partial charge is 0.465 e. The Balaban J connectivity index is 2.39. The Morgan fingerprint density at radius 3 is 2.35 bits per heavy atom. The summed E-state index contributed by atoms with van der Waals surface area (Å²) in [6.45, 7) is 2.99. The normalized spacial score (nSPS) is 17.9. The number of aliphatic hydroxyl groups excluding tert-OH is 1. The summed E-state index contributed by atoms with van der Waals surface area (Å²) in [5, 5.41) is 9.43. The average molecular weight is 301 g/mol. The monoisotopic (exact) mass is 301 g/mol. The number of aryl methyl sites for hydroxylation is 2. The van der Waals surface area contributed by atoms with E-state index in [1.165, 1.54) is 10.7 Å². The van der Waals surface area contributed by atoms with Crippen LogP contribution in [0.1, 0.15) is 49.2 Å². The number of hydrogen-bond donors (Lipinski definition) is 1. The molecule has 1 aromatic heterocycles. The van der Waals surface area contributed by atoms with E-state index in [2.05, 4.69) is 0 Å². The summed E-state index contributed by atoms with van der Waals surface area (Å²) in [7, 11) is -1.98. The van der Waals surface area contributed by atoms with Crippen LogP contribution in [0, 0.1) is 13.8 Å². The van der Waals surface area contributed by atoms with Gasteiger partial charge in [-0.2, -0.15) is 4.31 Å². The third kappa shape index (κ3) is 2.64. The molecule has 0 unspecified atom stereocenters. The summed E-state index contributed by atoms with van der Waals surface area (Å²) in [6.07, 6.45) is 5.12. The molecule has 0 saturated heterocycles. The summed E-state index contributed by atoms with van der Waals surface area (Å²) in [5.41, 5.74) is 0.380. The highest BCUT2D eigenvalue weighted by Crippen LogP contribution is 2.32. The summed E-state index contributed by atoms with van der Waals surface area (Å²) >= 11 is 0. The molecule has 6 heteroatoms. The molecule has 2 rings (SSSR count). The van der Waals surface area contributed by atoms with Crippen molar-refractivity contribution in [2.75, 3.05) is 7.05 Å². The molecule has 114 valence electrons. The van der Waals surface area contributed by atoms with E-state index in [0.29, 0.717) is 17.1 Å². The van der Waals surface area contributed by atoms with E-state index in [1.54, 1.807) is 20.9 Å². The van der Waals surface area contributed by atoms with Gasteiger partial charge in [-0.25, -0.2) is 8.42 Å². The van der Waals surface area contributed by atoms with Crippen LogP contribution in [0.25, 0.3) is 0 Å². The van der Waals surface area contributed by atoms with Crippen LogP contribution in [-0.4, -0.2) is 30.9 Å². The molecule has 1 N–H and O–H groups in total. The first kappa shape index (κ1) is 15.5. The third-order valence-corrected chi connectivity index (χ3v) is 6.32. The molecule has 0 aliphatic heterocycles. The lowest BCUT2D eigenvalue weighted by Crippen LogP contribution is -2.38. The number of rotatable bonds is 4. The highest BCUT2D eigenvalue weighted by Gasteiger charge is 2.34. The highest BCUT2D eigenvalue weighted by atomic mass is 32.2. The number of furan rings is 1. The van der Waals surface area contributed by atoms with E-state index in [0.717, 1.165) is 25.7 Å². The Hall–Kier alpha value is -0.850. The lowest BCUT2D eigenvalue weighted by Gasteiger charge is -2.30. The van der Waals surface area contributed by atoms with Crippen molar-refractivity contribution in [1.82, 2.24) is 4.31 Å². The molecule has 5 nitrogen and oxygen atoms in total. The van der Waals surface area contributed by atoms with Crippen molar-refractivity contribution in [1.29, 1.82) is 0 Å². The van der Waals surface area contributed by atoms with Crippen LogP contribution < -0.4 is 0 Å². The van der Waals surface area contributed by atoms with Gasteiger partial charge >= 0.3 is 0 Å². The predicted molar refractivity (Wildman–Crippen MR) is 75.9 cm³/mol. The van der Waals surface area contributed by atoms with Gasteiger partial charge in [-0.1, -0.05) is 19.3 Å². The fourth-order valence-corrected chi connectivity index (χ4v) is 4.83. The Kier molecular flexibility index (Phi) is 4.56. The Morgan fingerprint density at radius 2 is 1.80 bits per heavy atom. The SMILES string of the molecule is Cc1oc(C)c(S(=O)(=O)N(C)C2CCCCC2)c1CO. The average Bonchev–Trinajstić information content (AvgIpc) is 2.73. The summed E-state index contributed by atoms with van der Waals surface area (Å²) in [5.74, 6) is 0.829. The van der Waals surface area contributed by atoms with Crippen LogP contribution in [0.5, 0.6) is 0 Å². The van der Waals surface area contributed by atoms with Crippen molar-refractivity contribution >= 4 is 10.0 Å². The van der Waals surface area contributed by atoms with E-state index < -0.39 is 10.0 Å². The Bertz CT molecular complexity index is 570. The van der Waals surface area contributed by atoms with E-state index >= 15 is 0 Å². The molecular formula is C14H23NO4S. The molecule has 0 bridgehead atoms. The molecule has 1 aliphatic rings. The van der Waals surface area contributed by atoms with Gasteiger partial charge in [-0.3, -0.25) is 0 Å². The second kappa shape index (κ2) is 5.87. The van der Waals surface area contributed by atoms with E-state index in [4.69, 9.17) is 4.42 Å². The maximum Gasteiger partial charge on any atom is 0.246 e. The van der Waals surface area contributed by atoms with Gasteiger partial charge in [-0.05, 0) is 26.7 Å². The van der Waals surface area contributed by atoms with Crippen molar-refractivity contribution < 1.29 is 17.9 Å². The van der Waals surface area contributed by atoms with Crippen molar-refractivity contribution in [3.05, 3.63) is 17.1 Å². The summed E-state index contributed by atoms with van der Waals surface area (Å²) in [4.78, 5) is 0.144. The first-order valence-electron chi connectivity index (χ1n) is 7.07. The number of sulfonamides is 1. The fraction of sp³-hybridized carbons (Fsp3) is 0.714. The maximum atomic E-state index is 12.8. The number of hydrogen-bond acceptors (Lipinski definition) is 4. The second-order valence-corrected chi connectivity index (χ2v) is 7.43. The minimum Gasteiger partial charge on any atom is -0.465 e. The van der Waals surface area contributed by atoms with Crippen molar-refractivity contribution in [3.63, 3.8) is 0 Å². The van der Waals surface area contributed by atoms with Gasteiger partial charge in [0.2, 0.25) is 10.0 Å². The molecule has 0 radical (unpaired) electrons. The van der Waals surface area contributed by atoms with Crippen LogP contribution in [-0.2, 0) is 16.6 Å². The lowest BCUT2D eigenvalue weighted by molar-refractivity contribution is 0.273. The maximum absolute atomic E-state index is 12.8. The van der Waals surface area contributed by atoms with Gasteiger partial charge < -0.3 is 9.52 Å². The van der Waals surface area contributed by atoms with Crippen molar-refractivity contribution in [3.8, 4) is 0 Å². The van der Waals surface area contributed by atoms with Gasteiger partial charge in [0.05, 0.1) is 6.61 Å². The minimum absolute atomic E-state index is 0.0508. The topological polar surface area (TPSA) is 70.8 Å². The van der Waals surface area contributed by atoms with Crippen molar-refractivity contribution in [2.24, 2.45) is 0 Å². The molecule has 0 spiro atoms. The van der Waals surface area contributed by atoms with E-state index in [-0.39, 0.29) is 17.5 Å². The van der Waals surface area contributed by atoms with Crippen molar-refractivity contribution in [2.45, 2.75) is 63.5 Å². The lowest BCUT2D eigenvalue weighted by atomic mass is 9.96. The van der Waals surface area contributed by atoms with Gasteiger partial charge in [0.15, 0.2) is 0 Å². The number of aliphatic hydroxyl groups is 1. The molecule has 0 atom stereocenters. The molecule has 1 aliphatic carbocycles. The third-order valence-electron chi connectivity index (χ3n) is 4.21. The number of nitrogens with zero attached hydrogens (tertiary/aromatic N) is 1. The predicted octanol–water partition coefficient (Wildman–Crippen LogP) is 2.34. The standard InChI is InChI=1S/C14H23NO4S/c1-10-13(9-16)14(11(2)19-10)20(17,18)15(3)12-7-5-4-6-8-12/h12,16H,4-9H2,1-3H3. The summed E-state index contributed by atoms with van der Waals surface area (Å²) < 4.78 is 32.5. The molecule has 1 saturated carbocycles. The summed E-state index contributed by atoms with van der Waals surface area (Å²) in [6, 6.07) is 0.0508. The van der Waals surface area contributed by atoms with Crippen LogP contribution in [0.15, 0.2) is 9.31 Å². The minimum atomic E-state index is -3.61. The van der Waals surface area contributed by atoms with Crippen LogP contribution >= 0.6 is 0 Å². The first-order chi connectivity index (χ1) is 9.39. The molecule has 1 heterocycles. The first-order valence-corrected chi connectivity index (χ1v) is 8.51. The zero-order chi connectivity index (χ0) is 14.9. The molecule has 0 aromatic carbocycles. The smallest absolute Gasteiger partial charge is 0.246 e. The molecule has 20 heavy (non-hydrogen) atoms. The fourth-order valence-electron chi connectivity index (χ4n) is 3.02. The Morgan fingerprint density at radius 1 is 1.20 bits per heavy atom.